The van der Waals surface area contributed by atoms with E-state index >= 15 is 0 Å². The Kier molecular flexibility index (Phi) is 4.42. The van der Waals surface area contributed by atoms with Gasteiger partial charge in [0.2, 0.25) is 0 Å². The topological polar surface area (TPSA) is 3.24 Å². The number of hydrogen-bond donors (Lipinski definition) is 0. The van der Waals surface area contributed by atoms with Crippen LogP contribution in [0.2, 0.25) is 5.02 Å². The number of likely N-dealkylation sites (N-methyl/N-ethyl adjacent to an activating group) is 1. The Morgan fingerprint density at radius 2 is 1.76 bits per heavy atom. The van der Waals surface area contributed by atoms with Crippen LogP contribution in [0.1, 0.15) is 23.5 Å². The van der Waals surface area contributed by atoms with Crippen LogP contribution in [-0.4, -0.2) is 24.5 Å². The SMILES string of the molecule is CN1CC[C@H](c2ccccc2)[C@H]1C=Cc1ccc(Cl)cc1. The van der Waals surface area contributed by atoms with Crippen LogP contribution >= 0.6 is 11.6 Å². The van der Waals surface area contributed by atoms with Crippen molar-refractivity contribution in [1.82, 2.24) is 4.90 Å². The van der Waals surface area contributed by atoms with Crippen molar-refractivity contribution in [1.29, 1.82) is 0 Å². The third kappa shape index (κ3) is 3.37. The molecule has 3 rings (SSSR count). The van der Waals surface area contributed by atoms with E-state index in [2.05, 4.69) is 66.6 Å². The molecule has 1 fully saturated rings. The molecule has 0 aliphatic carbocycles. The lowest BCUT2D eigenvalue weighted by Crippen LogP contribution is -2.26. The molecule has 1 nitrogen and oxygen atoms in total. The zero-order chi connectivity index (χ0) is 14.7. The van der Waals surface area contributed by atoms with Crippen molar-refractivity contribution < 1.29 is 0 Å². The van der Waals surface area contributed by atoms with E-state index < -0.39 is 0 Å². The molecule has 0 aromatic heterocycles. The van der Waals surface area contributed by atoms with Crippen molar-refractivity contribution in [2.24, 2.45) is 0 Å². The highest BCUT2D eigenvalue weighted by Crippen LogP contribution is 2.33. The maximum Gasteiger partial charge on any atom is 0.0406 e. The van der Waals surface area contributed by atoms with E-state index in [0.29, 0.717) is 12.0 Å². The molecule has 1 aliphatic heterocycles. The van der Waals surface area contributed by atoms with Gasteiger partial charge in [0.15, 0.2) is 0 Å². The summed E-state index contributed by atoms with van der Waals surface area (Å²) in [5.41, 5.74) is 2.64. The van der Waals surface area contributed by atoms with Gasteiger partial charge in [-0.25, -0.2) is 0 Å². The molecule has 0 bridgehead atoms. The van der Waals surface area contributed by atoms with Crippen LogP contribution in [-0.2, 0) is 0 Å². The second kappa shape index (κ2) is 6.46. The molecule has 0 N–H and O–H groups in total. The van der Waals surface area contributed by atoms with Crippen molar-refractivity contribution >= 4 is 17.7 Å². The van der Waals surface area contributed by atoms with E-state index in [1.165, 1.54) is 17.5 Å². The van der Waals surface area contributed by atoms with E-state index in [1.807, 2.05) is 12.1 Å². The summed E-state index contributed by atoms with van der Waals surface area (Å²) in [5, 5.41) is 0.785. The number of nitrogens with zero attached hydrogens (tertiary/aromatic N) is 1. The van der Waals surface area contributed by atoms with Crippen LogP contribution in [0, 0.1) is 0 Å². The van der Waals surface area contributed by atoms with Crippen molar-refractivity contribution in [2.75, 3.05) is 13.6 Å². The fourth-order valence-electron chi connectivity index (χ4n) is 3.10. The van der Waals surface area contributed by atoms with Gasteiger partial charge in [-0.15, -0.1) is 0 Å². The normalized spacial score (nSPS) is 23.0. The van der Waals surface area contributed by atoms with Gasteiger partial charge in [0.1, 0.15) is 0 Å². The highest BCUT2D eigenvalue weighted by Gasteiger charge is 2.30. The Balaban J connectivity index is 1.80. The van der Waals surface area contributed by atoms with E-state index in [-0.39, 0.29) is 0 Å². The molecular formula is C19H20ClN. The molecule has 2 heteroatoms. The maximum atomic E-state index is 5.93. The van der Waals surface area contributed by atoms with Gasteiger partial charge >= 0.3 is 0 Å². The summed E-state index contributed by atoms with van der Waals surface area (Å²) in [6.45, 7) is 1.15. The summed E-state index contributed by atoms with van der Waals surface area (Å²) < 4.78 is 0. The Morgan fingerprint density at radius 1 is 1.05 bits per heavy atom. The standard InChI is InChI=1S/C19H20ClN/c1-21-14-13-18(16-5-3-2-4-6-16)19(21)12-9-15-7-10-17(20)11-8-15/h2-12,18-19H,13-14H2,1H3/t18-,19-/m1/s1. The molecule has 2 atom stereocenters. The van der Waals surface area contributed by atoms with Crippen LogP contribution in [0.4, 0.5) is 0 Å². The minimum Gasteiger partial charge on any atom is -0.299 e. The molecule has 1 heterocycles. The number of hydrogen-bond acceptors (Lipinski definition) is 1. The predicted molar refractivity (Wildman–Crippen MR) is 90.7 cm³/mol. The first-order valence-corrected chi connectivity index (χ1v) is 7.81. The van der Waals surface area contributed by atoms with Crippen molar-refractivity contribution in [2.45, 2.75) is 18.4 Å². The van der Waals surface area contributed by atoms with E-state index in [1.54, 1.807) is 0 Å². The van der Waals surface area contributed by atoms with E-state index in [4.69, 9.17) is 11.6 Å². The van der Waals surface area contributed by atoms with Gasteiger partial charge in [-0.2, -0.15) is 0 Å². The predicted octanol–water partition coefficient (Wildman–Crippen LogP) is 4.84. The second-order valence-corrected chi connectivity index (χ2v) is 6.12. The molecule has 2 aromatic carbocycles. The first-order valence-electron chi connectivity index (χ1n) is 7.43. The molecule has 0 radical (unpaired) electrons. The van der Waals surface area contributed by atoms with Crippen LogP contribution in [0.15, 0.2) is 60.7 Å². The quantitative estimate of drug-likeness (QED) is 0.783. The molecule has 1 saturated heterocycles. The number of likely N-dealkylation sites (tertiary alicyclic amines) is 1. The van der Waals surface area contributed by atoms with Gasteiger partial charge in [-0.1, -0.05) is 66.2 Å². The van der Waals surface area contributed by atoms with Crippen molar-refractivity contribution in [3.8, 4) is 0 Å². The first kappa shape index (κ1) is 14.4. The van der Waals surface area contributed by atoms with Crippen molar-refractivity contribution in [3.05, 3.63) is 76.8 Å². The van der Waals surface area contributed by atoms with Crippen LogP contribution in [0.5, 0.6) is 0 Å². The summed E-state index contributed by atoms with van der Waals surface area (Å²) in [6.07, 6.45) is 5.75. The minimum absolute atomic E-state index is 0.461. The fourth-order valence-corrected chi connectivity index (χ4v) is 3.22. The largest absolute Gasteiger partial charge is 0.299 e. The maximum absolute atomic E-state index is 5.93. The van der Waals surface area contributed by atoms with Gasteiger partial charge < -0.3 is 0 Å². The Morgan fingerprint density at radius 3 is 2.48 bits per heavy atom. The summed E-state index contributed by atoms with van der Waals surface area (Å²) in [5.74, 6) is 0.583. The van der Waals surface area contributed by atoms with E-state index in [0.717, 1.165) is 11.6 Å². The van der Waals surface area contributed by atoms with Gasteiger partial charge in [0.25, 0.3) is 0 Å². The highest BCUT2D eigenvalue weighted by atomic mass is 35.5. The molecule has 0 saturated carbocycles. The Bertz CT molecular complexity index is 603. The second-order valence-electron chi connectivity index (χ2n) is 5.69. The average Bonchev–Trinajstić information content (AvgIpc) is 2.89. The Hall–Kier alpha value is -1.57. The molecule has 2 aromatic rings. The molecule has 0 amide bonds. The van der Waals surface area contributed by atoms with Crippen LogP contribution in [0.3, 0.4) is 0 Å². The molecule has 0 spiro atoms. The lowest BCUT2D eigenvalue weighted by atomic mass is 9.91. The number of halogens is 1. The highest BCUT2D eigenvalue weighted by molar-refractivity contribution is 6.30. The molecular weight excluding hydrogens is 278 g/mol. The molecule has 0 unspecified atom stereocenters. The monoisotopic (exact) mass is 297 g/mol. The molecule has 108 valence electrons. The third-order valence-corrected chi connectivity index (χ3v) is 4.55. The van der Waals surface area contributed by atoms with Gasteiger partial charge in [-0.3, -0.25) is 4.90 Å². The zero-order valence-corrected chi connectivity index (χ0v) is 13.0. The third-order valence-electron chi connectivity index (χ3n) is 4.30. The lowest BCUT2D eigenvalue weighted by Gasteiger charge is -2.22. The Labute approximate surface area is 131 Å². The zero-order valence-electron chi connectivity index (χ0n) is 12.2. The summed E-state index contributed by atoms with van der Waals surface area (Å²) in [6, 6.07) is 19.3. The molecule has 21 heavy (non-hydrogen) atoms. The van der Waals surface area contributed by atoms with Gasteiger partial charge in [0, 0.05) is 17.0 Å². The van der Waals surface area contributed by atoms with Crippen LogP contribution in [0.25, 0.3) is 6.08 Å². The lowest BCUT2D eigenvalue weighted by molar-refractivity contribution is 0.347. The summed E-state index contributed by atoms with van der Waals surface area (Å²) >= 11 is 5.93. The molecule has 1 aliphatic rings. The van der Waals surface area contributed by atoms with Crippen molar-refractivity contribution in [3.63, 3.8) is 0 Å². The smallest absolute Gasteiger partial charge is 0.0406 e. The fraction of sp³-hybridized carbons (Fsp3) is 0.263. The first-order chi connectivity index (χ1) is 10.2. The van der Waals surface area contributed by atoms with Crippen LogP contribution < -0.4 is 0 Å². The van der Waals surface area contributed by atoms with Gasteiger partial charge in [0.05, 0.1) is 0 Å². The average molecular weight is 298 g/mol. The summed E-state index contributed by atoms with van der Waals surface area (Å²) in [4.78, 5) is 2.43. The number of benzene rings is 2. The number of rotatable bonds is 3. The van der Waals surface area contributed by atoms with Gasteiger partial charge in [-0.05, 0) is 43.3 Å². The minimum atomic E-state index is 0.461. The van der Waals surface area contributed by atoms with E-state index in [9.17, 15) is 0 Å². The summed E-state index contributed by atoms with van der Waals surface area (Å²) in [7, 11) is 2.21.